The molecule has 0 aliphatic carbocycles. The number of carboxylic acids is 1. The summed E-state index contributed by atoms with van der Waals surface area (Å²) in [5.74, 6) is -1.09. The van der Waals surface area contributed by atoms with E-state index in [4.69, 9.17) is 9.84 Å². The number of hydrogen-bond donors (Lipinski definition) is 1. The Balaban J connectivity index is 1.99. The molecule has 2 rings (SSSR count). The third-order valence-corrected chi connectivity index (χ3v) is 4.44. The first-order valence-corrected chi connectivity index (χ1v) is 7.83. The molecule has 2 aliphatic heterocycles. The fourth-order valence-corrected chi connectivity index (χ4v) is 3.20. The predicted octanol–water partition coefficient (Wildman–Crippen LogP) is 0.480. The van der Waals surface area contributed by atoms with Crippen LogP contribution in [0.15, 0.2) is 0 Å². The van der Waals surface area contributed by atoms with Gasteiger partial charge in [0.25, 0.3) is 0 Å². The molecule has 2 unspecified atom stereocenters. The summed E-state index contributed by atoms with van der Waals surface area (Å²) in [6, 6.07) is -0.350. The molecular weight excluding hydrogens is 288 g/mol. The van der Waals surface area contributed by atoms with Crippen molar-refractivity contribution in [3.05, 3.63) is 0 Å². The molecule has 2 atom stereocenters. The van der Waals surface area contributed by atoms with Gasteiger partial charge in [0.05, 0.1) is 19.1 Å². The lowest BCUT2D eigenvalue weighted by Gasteiger charge is -2.27. The van der Waals surface area contributed by atoms with E-state index in [9.17, 15) is 14.4 Å². The molecule has 1 N–H and O–H groups in total. The van der Waals surface area contributed by atoms with Gasteiger partial charge in [0.2, 0.25) is 11.8 Å². The largest absolute Gasteiger partial charge is 0.481 e. The van der Waals surface area contributed by atoms with Gasteiger partial charge in [0.15, 0.2) is 0 Å². The molecule has 2 saturated heterocycles. The fourth-order valence-electron chi connectivity index (χ4n) is 3.20. The summed E-state index contributed by atoms with van der Waals surface area (Å²) in [5, 5.41) is 8.99. The van der Waals surface area contributed by atoms with Crippen LogP contribution >= 0.6 is 0 Å². The third-order valence-electron chi connectivity index (χ3n) is 4.44. The van der Waals surface area contributed by atoms with E-state index < -0.39 is 5.97 Å². The molecule has 0 aromatic carbocycles. The summed E-state index contributed by atoms with van der Waals surface area (Å²) in [6.07, 6.45) is 3.61. The lowest BCUT2D eigenvalue weighted by Crippen LogP contribution is -2.45. The van der Waals surface area contributed by atoms with Crippen LogP contribution in [-0.4, -0.2) is 71.6 Å². The maximum atomic E-state index is 12.5. The Morgan fingerprint density at radius 2 is 2.09 bits per heavy atom. The Kier molecular flexibility index (Phi) is 5.76. The van der Waals surface area contributed by atoms with Crippen molar-refractivity contribution in [2.75, 3.05) is 26.7 Å². The number of hydrogen-bond acceptors (Lipinski definition) is 4. The van der Waals surface area contributed by atoms with E-state index >= 15 is 0 Å². The molecule has 0 aromatic rings. The zero-order valence-corrected chi connectivity index (χ0v) is 13.0. The highest BCUT2D eigenvalue weighted by Gasteiger charge is 2.37. The summed E-state index contributed by atoms with van der Waals surface area (Å²) in [4.78, 5) is 38.6. The van der Waals surface area contributed by atoms with Gasteiger partial charge < -0.3 is 19.6 Å². The van der Waals surface area contributed by atoms with E-state index in [0.29, 0.717) is 25.9 Å². The van der Waals surface area contributed by atoms with Crippen LogP contribution in [0.25, 0.3) is 0 Å². The van der Waals surface area contributed by atoms with Crippen LogP contribution in [0, 0.1) is 0 Å². The van der Waals surface area contributed by atoms with Crippen molar-refractivity contribution in [2.45, 2.75) is 50.7 Å². The van der Waals surface area contributed by atoms with Crippen molar-refractivity contribution in [1.29, 1.82) is 0 Å². The molecule has 2 fully saturated rings. The van der Waals surface area contributed by atoms with Gasteiger partial charge in [-0.25, -0.2) is 0 Å². The normalized spacial score (nSPS) is 26.1. The molecule has 2 amide bonds. The molecule has 7 heteroatoms. The van der Waals surface area contributed by atoms with Gasteiger partial charge in [0, 0.05) is 32.7 Å². The zero-order valence-electron chi connectivity index (χ0n) is 13.0. The highest BCUT2D eigenvalue weighted by Crippen LogP contribution is 2.23. The number of nitrogens with zero attached hydrogens (tertiary/aromatic N) is 2. The predicted molar refractivity (Wildman–Crippen MR) is 78.2 cm³/mol. The first kappa shape index (κ1) is 16.7. The van der Waals surface area contributed by atoms with Crippen LogP contribution in [0.4, 0.5) is 0 Å². The molecule has 0 bridgehead atoms. The second-order valence-electron chi connectivity index (χ2n) is 6.02. The van der Waals surface area contributed by atoms with E-state index in [0.717, 1.165) is 19.3 Å². The van der Waals surface area contributed by atoms with Crippen molar-refractivity contribution in [3.8, 4) is 0 Å². The van der Waals surface area contributed by atoms with E-state index in [-0.39, 0.29) is 36.9 Å². The number of amides is 2. The van der Waals surface area contributed by atoms with Crippen LogP contribution < -0.4 is 0 Å². The molecule has 0 spiro atoms. The quantitative estimate of drug-likeness (QED) is 0.798. The monoisotopic (exact) mass is 312 g/mol. The van der Waals surface area contributed by atoms with Gasteiger partial charge in [-0.1, -0.05) is 6.42 Å². The Morgan fingerprint density at radius 1 is 1.32 bits per heavy atom. The minimum absolute atomic E-state index is 0.0168. The van der Waals surface area contributed by atoms with Gasteiger partial charge in [0.1, 0.15) is 0 Å². The van der Waals surface area contributed by atoms with Crippen molar-refractivity contribution < 1.29 is 24.2 Å². The summed E-state index contributed by atoms with van der Waals surface area (Å²) in [5.41, 5.74) is 0. The van der Waals surface area contributed by atoms with E-state index in [1.54, 1.807) is 16.9 Å². The fraction of sp³-hybridized carbons (Fsp3) is 0.800. The van der Waals surface area contributed by atoms with Crippen LogP contribution in [0.5, 0.6) is 0 Å². The number of likely N-dealkylation sites (tertiary alicyclic amines) is 2. The maximum Gasteiger partial charge on any atom is 0.305 e. The minimum Gasteiger partial charge on any atom is -0.481 e. The Labute approximate surface area is 130 Å². The number of methoxy groups -OCH3 is 1. The summed E-state index contributed by atoms with van der Waals surface area (Å²) in [7, 11) is 1.56. The topological polar surface area (TPSA) is 87.2 Å². The first-order valence-electron chi connectivity index (χ1n) is 7.83. The molecule has 7 nitrogen and oxygen atoms in total. The van der Waals surface area contributed by atoms with E-state index in [2.05, 4.69) is 0 Å². The van der Waals surface area contributed by atoms with Crippen molar-refractivity contribution in [3.63, 3.8) is 0 Å². The average molecular weight is 312 g/mol. The second kappa shape index (κ2) is 7.58. The Hall–Kier alpha value is -1.63. The highest BCUT2D eigenvalue weighted by atomic mass is 16.5. The van der Waals surface area contributed by atoms with E-state index in [1.165, 1.54) is 0 Å². The van der Waals surface area contributed by atoms with E-state index in [1.807, 2.05) is 0 Å². The summed E-state index contributed by atoms with van der Waals surface area (Å²) in [6.45, 7) is 1.05. The molecule has 2 aliphatic rings. The molecular formula is C15H24N2O5. The Morgan fingerprint density at radius 3 is 2.77 bits per heavy atom. The lowest BCUT2D eigenvalue weighted by molar-refractivity contribution is -0.143. The van der Waals surface area contributed by atoms with Crippen molar-refractivity contribution >= 4 is 17.8 Å². The number of ether oxygens (including phenoxy) is 1. The Bertz CT molecular complexity index is 440. The van der Waals surface area contributed by atoms with Crippen LogP contribution in [0.2, 0.25) is 0 Å². The first-order chi connectivity index (χ1) is 10.5. The van der Waals surface area contributed by atoms with Gasteiger partial charge >= 0.3 is 5.97 Å². The number of carboxylic acid groups (broad SMARTS) is 1. The standard InChI is InChI=1S/C15H24N2O5/c1-22-12-7-11(8-15(20)21)17(9-12)14(19)10-16-6-4-2-3-5-13(16)18/h11-12H,2-10H2,1H3,(H,20,21). The SMILES string of the molecule is COC1CC(CC(=O)O)N(C(=O)CN2CCCCCC2=O)C1. The third kappa shape index (κ3) is 4.19. The van der Waals surface area contributed by atoms with Gasteiger partial charge in [-0.3, -0.25) is 14.4 Å². The highest BCUT2D eigenvalue weighted by molar-refractivity contribution is 5.85. The number of aliphatic carboxylic acids is 1. The van der Waals surface area contributed by atoms with Crippen LogP contribution in [-0.2, 0) is 19.1 Å². The average Bonchev–Trinajstić information content (AvgIpc) is 2.76. The molecule has 0 saturated carbocycles. The summed E-state index contributed by atoms with van der Waals surface area (Å²) >= 11 is 0. The number of rotatable bonds is 5. The molecule has 0 radical (unpaired) electrons. The number of carbonyl (C=O) groups excluding carboxylic acids is 2. The molecule has 22 heavy (non-hydrogen) atoms. The van der Waals surface area contributed by atoms with Crippen molar-refractivity contribution in [1.82, 2.24) is 9.80 Å². The summed E-state index contributed by atoms with van der Waals surface area (Å²) < 4.78 is 5.27. The van der Waals surface area contributed by atoms with Crippen molar-refractivity contribution in [2.24, 2.45) is 0 Å². The lowest BCUT2D eigenvalue weighted by atomic mass is 10.1. The van der Waals surface area contributed by atoms with Gasteiger partial charge in [-0.2, -0.15) is 0 Å². The zero-order chi connectivity index (χ0) is 16.1. The van der Waals surface area contributed by atoms with Gasteiger partial charge in [-0.05, 0) is 19.3 Å². The maximum absolute atomic E-state index is 12.5. The smallest absolute Gasteiger partial charge is 0.305 e. The molecule has 124 valence electrons. The second-order valence-corrected chi connectivity index (χ2v) is 6.02. The minimum atomic E-state index is -0.926. The van der Waals surface area contributed by atoms with Crippen LogP contribution in [0.3, 0.4) is 0 Å². The van der Waals surface area contributed by atoms with Crippen LogP contribution in [0.1, 0.15) is 38.5 Å². The van der Waals surface area contributed by atoms with Gasteiger partial charge in [-0.15, -0.1) is 0 Å². The molecule has 2 heterocycles. The number of carbonyl (C=O) groups is 3. The molecule has 0 aromatic heterocycles.